The van der Waals surface area contributed by atoms with Gasteiger partial charge in [0.1, 0.15) is 0 Å². The molecule has 0 fully saturated rings. The lowest BCUT2D eigenvalue weighted by Crippen LogP contribution is -2.10. The van der Waals surface area contributed by atoms with Gasteiger partial charge in [-0.2, -0.15) is 0 Å². The summed E-state index contributed by atoms with van der Waals surface area (Å²) in [5.74, 6) is -0.534. The maximum Gasteiger partial charge on any atom is 0.169 e. The van der Waals surface area contributed by atoms with Crippen LogP contribution in [0.2, 0.25) is 0 Å². The van der Waals surface area contributed by atoms with Gasteiger partial charge in [0.2, 0.25) is 0 Å². The maximum absolute atomic E-state index is 10.5. The molecule has 1 unspecified atom stereocenters. The predicted molar refractivity (Wildman–Crippen MR) is 36.5 cm³/mol. The first-order valence-corrected chi connectivity index (χ1v) is 3.61. The van der Waals surface area contributed by atoms with Gasteiger partial charge in [0.25, 0.3) is 0 Å². The molecule has 0 heterocycles. The van der Waals surface area contributed by atoms with Crippen LogP contribution in [0.25, 0.3) is 0 Å². The van der Waals surface area contributed by atoms with E-state index in [2.05, 4.69) is 0 Å². The van der Waals surface area contributed by atoms with Gasteiger partial charge >= 0.3 is 0 Å². The fourth-order valence-corrected chi connectivity index (χ4v) is 1.02. The normalized spacial score (nSPS) is 15.9. The van der Waals surface area contributed by atoms with Crippen LogP contribution in [0.5, 0.6) is 0 Å². The molecule has 5 heteroatoms. The summed E-state index contributed by atoms with van der Waals surface area (Å²) in [6, 6.07) is 0. The molecule has 0 saturated heterocycles. The van der Waals surface area contributed by atoms with Crippen LogP contribution in [0.15, 0.2) is 10.6 Å². The van der Waals surface area contributed by atoms with Crippen LogP contribution in [0.1, 0.15) is 13.8 Å². The monoisotopic (exact) mass is 162 g/mol. The molecule has 10 heavy (non-hydrogen) atoms. The number of ketones is 1. The molecule has 0 bridgehead atoms. The summed E-state index contributed by atoms with van der Waals surface area (Å²) in [6.45, 7) is 2.52. The predicted octanol–water partition coefficient (Wildman–Crippen LogP) is -0.355. The lowest BCUT2D eigenvalue weighted by Gasteiger charge is -2.07. The van der Waals surface area contributed by atoms with Crippen LogP contribution in [-0.4, -0.2) is 14.5 Å². The lowest BCUT2D eigenvalue weighted by atomic mass is 10.3. The van der Waals surface area contributed by atoms with E-state index in [0.717, 1.165) is 6.92 Å². The van der Waals surface area contributed by atoms with Gasteiger partial charge in [-0.3, -0.25) is 9.00 Å². The van der Waals surface area contributed by atoms with E-state index in [9.17, 15) is 13.6 Å². The Labute approximate surface area is 61.4 Å². The third-order valence-electron chi connectivity index (χ3n) is 0.845. The summed E-state index contributed by atoms with van der Waals surface area (Å²) < 4.78 is 20.4. The van der Waals surface area contributed by atoms with Crippen molar-refractivity contribution < 1.29 is 13.6 Å². The van der Waals surface area contributed by atoms with Crippen LogP contribution in [0.4, 0.5) is 0 Å². The van der Waals surface area contributed by atoms with Crippen LogP contribution in [-0.2, 0) is 15.9 Å². The zero-order chi connectivity index (χ0) is 8.31. The summed E-state index contributed by atoms with van der Waals surface area (Å²) in [7, 11) is 0. The second-order valence-corrected chi connectivity index (χ2v) is 2.68. The highest BCUT2D eigenvalue weighted by atomic mass is 32.2. The molecule has 0 radical (unpaired) electrons. The van der Waals surface area contributed by atoms with Crippen molar-refractivity contribution >= 4 is 16.9 Å². The molecule has 58 valence electrons. The van der Waals surface area contributed by atoms with Crippen molar-refractivity contribution in [3.8, 4) is 0 Å². The highest BCUT2D eigenvalue weighted by Crippen LogP contribution is 2.03. The van der Waals surface area contributed by atoms with Crippen molar-refractivity contribution in [2.75, 3.05) is 0 Å². The van der Waals surface area contributed by atoms with Crippen molar-refractivity contribution in [3.63, 3.8) is 0 Å². The van der Waals surface area contributed by atoms with Gasteiger partial charge in [-0.15, -0.1) is 0 Å². The Balaban J connectivity index is 4.79. The number of carbonyl (C=O) groups is 1. The Morgan fingerprint density at radius 3 is 1.90 bits per heavy atom. The first-order chi connectivity index (χ1) is 4.46. The molecule has 0 spiro atoms. The molecule has 0 aliphatic heterocycles. The van der Waals surface area contributed by atoms with Gasteiger partial charge in [-0.05, 0) is 24.9 Å². The summed E-state index contributed by atoms with van der Waals surface area (Å²) in [5.41, 5.74) is 5.13. The highest BCUT2D eigenvalue weighted by Gasteiger charge is 2.05. The molecule has 4 nitrogen and oxygen atoms in total. The van der Waals surface area contributed by atoms with Crippen molar-refractivity contribution in [1.29, 1.82) is 0 Å². The van der Waals surface area contributed by atoms with Crippen molar-refractivity contribution in [3.05, 3.63) is 10.6 Å². The molecule has 0 aromatic heterocycles. The number of nitrogens with two attached hydrogens (primary N) is 1. The largest absolute Gasteiger partial charge is 0.768 e. The van der Waals surface area contributed by atoms with Gasteiger partial charge in [-0.25, -0.2) is 0 Å². The zero-order valence-corrected chi connectivity index (χ0v) is 6.53. The zero-order valence-electron chi connectivity index (χ0n) is 5.71. The minimum absolute atomic E-state index is 0.0285. The molecular weight excluding hydrogens is 154 g/mol. The Morgan fingerprint density at radius 2 is 1.90 bits per heavy atom. The van der Waals surface area contributed by atoms with Gasteiger partial charge in [0.05, 0.1) is 4.91 Å². The third kappa shape index (κ3) is 2.28. The van der Waals surface area contributed by atoms with Gasteiger partial charge in [0.15, 0.2) is 5.78 Å². The van der Waals surface area contributed by atoms with Crippen molar-refractivity contribution in [2.45, 2.75) is 13.8 Å². The van der Waals surface area contributed by atoms with Gasteiger partial charge in [-0.1, -0.05) is 0 Å². The SMILES string of the molecule is CC(=O)C(=C(C)N)S(=O)[O-]. The van der Waals surface area contributed by atoms with Crippen LogP contribution in [0, 0.1) is 0 Å². The van der Waals surface area contributed by atoms with E-state index in [1.165, 1.54) is 6.92 Å². The minimum atomic E-state index is -2.51. The fraction of sp³-hybridized carbons (Fsp3) is 0.400. The van der Waals surface area contributed by atoms with E-state index < -0.39 is 16.9 Å². The molecule has 1 atom stereocenters. The Bertz CT molecular complexity index is 189. The molecule has 0 amide bonds. The van der Waals surface area contributed by atoms with E-state index in [0.29, 0.717) is 0 Å². The fourth-order valence-electron chi connectivity index (χ4n) is 0.526. The summed E-state index contributed by atoms with van der Waals surface area (Å²) in [6.07, 6.45) is 0. The second-order valence-electron chi connectivity index (χ2n) is 1.80. The van der Waals surface area contributed by atoms with E-state index in [1.54, 1.807) is 0 Å². The summed E-state index contributed by atoms with van der Waals surface area (Å²) in [5, 5.41) is 0. The Hall–Kier alpha value is -0.680. The van der Waals surface area contributed by atoms with E-state index in [4.69, 9.17) is 5.73 Å². The standard InChI is InChI=1S/C5H9NO3S/c1-3(6)5(4(2)7)10(8)9/h6H2,1-2H3,(H,8,9)/p-1. The number of hydrogen-bond donors (Lipinski definition) is 1. The molecule has 0 rings (SSSR count). The average Bonchev–Trinajstić information content (AvgIpc) is 1.59. The van der Waals surface area contributed by atoms with Gasteiger partial charge in [0, 0.05) is 5.70 Å². The Kier molecular flexibility index (Phi) is 3.24. The summed E-state index contributed by atoms with van der Waals surface area (Å²) >= 11 is -2.51. The number of Topliss-reactive ketones (excluding diaryl/α,β-unsaturated/α-hetero) is 1. The second kappa shape index (κ2) is 3.48. The molecule has 0 aliphatic rings. The van der Waals surface area contributed by atoms with E-state index in [1.807, 2.05) is 0 Å². The lowest BCUT2D eigenvalue weighted by molar-refractivity contribution is -0.113. The smallest absolute Gasteiger partial charge is 0.169 e. The van der Waals surface area contributed by atoms with Gasteiger partial charge < -0.3 is 10.3 Å². The van der Waals surface area contributed by atoms with Crippen LogP contribution >= 0.6 is 0 Å². The first kappa shape index (κ1) is 9.32. The van der Waals surface area contributed by atoms with Crippen molar-refractivity contribution in [2.24, 2.45) is 5.73 Å². The average molecular weight is 162 g/mol. The first-order valence-electron chi connectivity index (χ1n) is 2.53. The summed E-state index contributed by atoms with van der Waals surface area (Å²) in [4.78, 5) is 10.2. The number of hydrogen-bond acceptors (Lipinski definition) is 4. The van der Waals surface area contributed by atoms with E-state index in [-0.39, 0.29) is 10.6 Å². The molecule has 0 aromatic carbocycles. The van der Waals surface area contributed by atoms with Crippen molar-refractivity contribution in [1.82, 2.24) is 0 Å². The number of allylic oxidation sites excluding steroid dienone is 2. The number of rotatable bonds is 2. The topological polar surface area (TPSA) is 83.2 Å². The van der Waals surface area contributed by atoms with Crippen LogP contribution < -0.4 is 5.73 Å². The van der Waals surface area contributed by atoms with E-state index >= 15 is 0 Å². The van der Waals surface area contributed by atoms with Crippen LogP contribution in [0.3, 0.4) is 0 Å². The molecule has 0 saturated carbocycles. The maximum atomic E-state index is 10.5. The highest BCUT2D eigenvalue weighted by molar-refractivity contribution is 7.84. The molecule has 0 aromatic rings. The molecular formula is C5H8NO3S-. The Morgan fingerprint density at radius 1 is 1.50 bits per heavy atom. The molecule has 0 aliphatic carbocycles. The quantitative estimate of drug-likeness (QED) is 0.444. The minimum Gasteiger partial charge on any atom is -0.768 e. The number of carbonyl (C=O) groups excluding carboxylic acids is 1. The third-order valence-corrected chi connectivity index (χ3v) is 1.79. The molecule has 2 N–H and O–H groups in total.